The highest BCUT2D eigenvalue weighted by Gasteiger charge is 2.34. The van der Waals surface area contributed by atoms with Gasteiger partial charge in [-0.3, -0.25) is 4.79 Å². The van der Waals surface area contributed by atoms with E-state index in [0.29, 0.717) is 17.8 Å². The molecule has 0 saturated carbocycles. The summed E-state index contributed by atoms with van der Waals surface area (Å²) in [7, 11) is 0. The third kappa shape index (κ3) is 2.62. The van der Waals surface area contributed by atoms with E-state index in [9.17, 15) is 4.79 Å². The second-order valence-electron chi connectivity index (χ2n) is 5.61. The standard InChI is InChI=1S/C16H20N4O2/c1-4-15-19(10-12(3)22-15)16(21)13-9-11(2)5-6-14(13)20-17-7-8-18-20/h5-9,12,15H,4,10H2,1-3H3/t12-,15?/m0/s1. The first-order chi connectivity index (χ1) is 10.6. The van der Waals surface area contributed by atoms with E-state index >= 15 is 0 Å². The van der Waals surface area contributed by atoms with Crippen molar-refractivity contribution in [3.05, 3.63) is 41.7 Å². The molecule has 2 aromatic rings. The van der Waals surface area contributed by atoms with Gasteiger partial charge in [0, 0.05) is 6.54 Å². The summed E-state index contributed by atoms with van der Waals surface area (Å²) in [4.78, 5) is 16.3. The number of carbonyl (C=O) groups is 1. The van der Waals surface area contributed by atoms with Crippen LogP contribution in [0.3, 0.4) is 0 Å². The minimum Gasteiger partial charge on any atom is -0.354 e. The molecule has 1 fully saturated rings. The zero-order valence-corrected chi connectivity index (χ0v) is 13.1. The van der Waals surface area contributed by atoms with Gasteiger partial charge in [0.25, 0.3) is 5.91 Å². The molecule has 1 unspecified atom stereocenters. The molecule has 1 aliphatic rings. The van der Waals surface area contributed by atoms with Crippen molar-refractivity contribution >= 4 is 5.91 Å². The fraction of sp³-hybridized carbons (Fsp3) is 0.438. The maximum absolute atomic E-state index is 13.0. The Morgan fingerprint density at radius 3 is 2.77 bits per heavy atom. The normalized spacial score (nSPS) is 21.3. The van der Waals surface area contributed by atoms with Gasteiger partial charge in [-0.15, -0.1) is 0 Å². The molecular formula is C16H20N4O2. The average molecular weight is 300 g/mol. The number of hydrogen-bond donors (Lipinski definition) is 0. The molecule has 0 bridgehead atoms. The van der Waals surface area contributed by atoms with Crippen molar-refractivity contribution in [2.45, 2.75) is 39.5 Å². The smallest absolute Gasteiger partial charge is 0.258 e. The zero-order valence-electron chi connectivity index (χ0n) is 13.1. The summed E-state index contributed by atoms with van der Waals surface area (Å²) in [5.74, 6) is -0.0350. The van der Waals surface area contributed by atoms with E-state index in [1.165, 1.54) is 4.80 Å². The van der Waals surface area contributed by atoms with Crippen LogP contribution in [0.5, 0.6) is 0 Å². The Bertz CT molecular complexity index is 669. The van der Waals surface area contributed by atoms with Gasteiger partial charge in [0.05, 0.1) is 29.7 Å². The quantitative estimate of drug-likeness (QED) is 0.871. The van der Waals surface area contributed by atoms with Gasteiger partial charge in [0.1, 0.15) is 6.23 Å². The number of carbonyl (C=O) groups excluding carboxylic acids is 1. The molecule has 0 spiro atoms. The molecule has 1 amide bonds. The van der Waals surface area contributed by atoms with Gasteiger partial charge in [0.2, 0.25) is 0 Å². The predicted molar refractivity (Wildman–Crippen MR) is 81.8 cm³/mol. The molecule has 2 heterocycles. The number of aryl methyl sites for hydroxylation is 1. The van der Waals surface area contributed by atoms with Crippen LogP contribution in [-0.4, -0.2) is 44.7 Å². The Labute approximate surface area is 129 Å². The summed E-state index contributed by atoms with van der Waals surface area (Å²) < 4.78 is 5.79. The van der Waals surface area contributed by atoms with E-state index in [1.807, 2.05) is 39.0 Å². The third-order valence-corrected chi connectivity index (χ3v) is 3.82. The molecule has 0 N–H and O–H groups in total. The van der Waals surface area contributed by atoms with Crippen molar-refractivity contribution in [3.8, 4) is 5.69 Å². The number of rotatable bonds is 3. The topological polar surface area (TPSA) is 60.2 Å². The Kier molecular flexibility index (Phi) is 3.94. The molecule has 3 rings (SSSR count). The third-order valence-electron chi connectivity index (χ3n) is 3.82. The summed E-state index contributed by atoms with van der Waals surface area (Å²) in [6.45, 7) is 6.59. The molecule has 0 aliphatic carbocycles. The lowest BCUT2D eigenvalue weighted by atomic mass is 10.1. The van der Waals surface area contributed by atoms with Gasteiger partial charge in [-0.1, -0.05) is 18.6 Å². The lowest BCUT2D eigenvalue weighted by molar-refractivity contribution is 0.00633. The first-order valence-corrected chi connectivity index (χ1v) is 7.54. The van der Waals surface area contributed by atoms with Crippen molar-refractivity contribution in [2.24, 2.45) is 0 Å². The van der Waals surface area contributed by atoms with E-state index in [2.05, 4.69) is 10.2 Å². The van der Waals surface area contributed by atoms with Crippen LogP contribution in [0.25, 0.3) is 5.69 Å². The molecule has 6 heteroatoms. The highest BCUT2D eigenvalue weighted by molar-refractivity contribution is 5.98. The number of amides is 1. The first-order valence-electron chi connectivity index (χ1n) is 7.54. The Balaban J connectivity index is 2.00. The second-order valence-corrected chi connectivity index (χ2v) is 5.61. The molecule has 2 atom stereocenters. The van der Waals surface area contributed by atoms with Crippen LogP contribution < -0.4 is 0 Å². The highest BCUT2D eigenvalue weighted by Crippen LogP contribution is 2.24. The van der Waals surface area contributed by atoms with Gasteiger partial charge < -0.3 is 9.64 Å². The maximum Gasteiger partial charge on any atom is 0.258 e. The molecule has 1 aliphatic heterocycles. The number of benzene rings is 1. The summed E-state index contributed by atoms with van der Waals surface area (Å²) in [6.07, 6.45) is 3.87. The first kappa shape index (κ1) is 14.7. The van der Waals surface area contributed by atoms with Crippen LogP contribution >= 0.6 is 0 Å². The van der Waals surface area contributed by atoms with Gasteiger partial charge in [-0.25, -0.2) is 0 Å². The lowest BCUT2D eigenvalue weighted by Crippen LogP contribution is -2.36. The summed E-state index contributed by atoms with van der Waals surface area (Å²) in [5.41, 5.74) is 2.32. The summed E-state index contributed by atoms with van der Waals surface area (Å²) in [5, 5.41) is 8.29. The molecule has 116 valence electrons. The van der Waals surface area contributed by atoms with Crippen molar-refractivity contribution in [1.82, 2.24) is 19.9 Å². The number of aromatic nitrogens is 3. The fourth-order valence-electron chi connectivity index (χ4n) is 2.80. The molecule has 0 radical (unpaired) electrons. The van der Waals surface area contributed by atoms with Crippen LogP contribution in [0.4, 0.5) is 0 Å². The zero-order chi connectivity index (χ0) is 15.7. The van der Waals surface area contributed by atoms with Gasteiger partial charge in [0.15, 0.2) is 0 Å². The highest BCUT2D eigenvalue weighted by atomic mass is 16.5. The summed E-state index contributed by atoms with van der Waals surface area (Å²) >= 11 is 0. The van der Waals surface area contributed by atoms with E-state index < -0.39 is 0 Å². The number of ether oxygens (including phenoxy) is 1. The fourth-order valence-corrected chi connectivity index (χ4v) is 2.80. The number of hydrogen-bond acceptors (Lipinski definition) is 4. The largest absolute Gasteiger partial charge is 0.354 e. The van der Waals surface area contributed by atoms with Crippen LogP contribution in [0.15, 0.2) is 30.6 Å². The van der Waals surface area contributed by atoms with Gasteiger partial charge in [-0.05, 0) is 32.4 Å². The van der Waals surface area contributed by atoms with E-state index in [0.717, 1.165) is 12.0 Å². The molecule has 22 heavy (non-hydrogen) atoms. The number of nitrogens with zero attached hydrogens (tertiary/aromatic N) is 4. The van der Waals surface area contributed by atoms with E-state index in [4.69, 9.17) is 4.74 Å². The Morgan fingerprint density at radius 1 is 1.36 bits per heavy atom. The maximum atomic E-state index is 13.0. The van der Waals surface area contributed by atoms with Gasteiger partial charge in [-0.2, -0.15) is 15.0 Å². The second kappa shape index (κ2) is 5.88. The minimum atomic E-state index is -0.165. The van der Waals surface area contributed by atoms with E-state index in [1.54, 1.807) is 17.3 Å². The molecule has 1 aromatic heterocycles. The monoisotopic (exact) mass is 300 g/mol. The lowest BCUT2D eigenvalue weighted by Gasteiger charge is -2.23. The Hall–Kier alpha value is -2.21. The van der Waals surface area contributed by atoms with Crippen molar-refractivity contribution in [3.63, 3.8) is 0 Å². The molecule has 6 nitrogen and oxygen atoms in total. The minimum absolute atomic E-state index is 0.0350. The SMILES string of the molecule is CCC1O[C@@H](C)CN1C(=O)c1cc(C)ccc1-n1nccn1. The van der Waals surface area contributed by atoms with Gasteiger partial charge >= 0.3 is 0 Å². The Morgan fingerprint density at radius 2 is 2.09 bits per heavy atom. The van der Waals surface area contributed by atoms with Crippen LogP contribution in [0.1, 0.15) is 36.2 Å². The van der Waals surface area contributed by atoms with E-state index in [-0.39, 0.29) is 18.2 Å². The molecule has 1 aromatic carbocycles. The summed E-state index contributed by atoms with van der Waals surface area (Å²) in [6, 6.07) is 5.72. The van der Waals surface area contributed by atoms with Crippen molar-refractivity contribution in [2.75, 3.05) is 6.54 Å². The van der Waals surface area contributed by atoms with Crippen molar-refractivity contribution < 1.29 is 9.53 Å². The van der Waals surface area contributed by atoms with Crippen molar-refractivity contribution in [1.29, 1.82) is 0 Å². The average Bonchev–Trinajstić information content (AvgIpc) is 3.15. The molecular weight excluding hydrogens is 280 g/mol. The van der Waals surface area contributed by atoms with Crippen LogP contribution in [0.2, 0.25) is 0 Å². The predicted octanol–water partition coefficient (Wildman–Crippen LogP) is 2.17. The van der Waals surface area contributed by atoms with Crippen LogP contribution in [-0.2, 0) is 4.74 Å². The van der Waals surface area contributed by atoms with Crippen LogP contribution in [0, 0.1) is 6.92 Å². The molecule has 1 saturated heterocycles.